The predicted molar refractivity (Wildman–Crippen MR) is 232 cm³/mol. The number of carboxylic acids is 1. The summed E-state index contributed by atoms with van der Waals surface area (Å²) in [6.07, 6.45) is 4.05. The molecule has 332 valence electrons. The molecule has 0 aliphatic carbocycles. The summed E-state index contributed by atoms with van der Waals surface area (Å²) in [6.45, 7) is 15.4. The van der Waals surface area contributed by atoms with Crippen molar-refractivity contribution < 1.29 is 48.5 Å². The largest absolute Gasteiger partial charge is 0.480 e. The highest BCUT2D eigenvalue weighted by Gasteiger charge is 2.35. The van der Waals surface area contributed by atoms with E-state index in [1.54, 1.807) is 51.1 Å². The highest BCUT2D eigenvalue weighted by atomic mass is 35.5. The van der Waals surface area contributed by atoms with Crippen LogP contribution in [-0.2, 0) is 44.7 Å². The molecule has 4 amide bonds. The summed E-state index contributed by atoms with van der Waals surface area (Å²) in [7, 11) is 2.79. The number of nitrogens with one attached hydrogen (secondary N) is 2. The second-order valence-electron chi connectivity index (χ2n) is 15.6. The number of amides is 4. The predicted octanol–water partition coefficient (Wildman–Crippen LogP) is 5.25. The van der Waals surface area contributed by atoms with Gasteiger partial charge in [-0.2, -0.15) is 0 Å². The second-order valence-corrected chi connectivity index (χ2v) is 16.8. The Hall–Kier alpha value is -3.92. The zero-order valence-corrected chi connectivity index (χ0v) is 38.3. The Kier molecular flexibility index (Phi) is 23.7. The topological polar surface area (TPSA) is 192 Å². The van der Waals surface area contributed by atoms with Gasteiger partial charge in [0.25, 0.3) is 5.91 Å². The zero-order chi connectivity index (χ0) is 45.1. The van der Waals surface area contributed by atoms with E-state index >= 15 is 0 Å². The number of hydrogen-bond acceptors (Lipinski definition) is 10. The second kappa shape index (κ2) is 26.3. The van der Waals surface area contributed by atoms with Gasteiger partial charge in [0.15, 0.2) is 6.10 Å². The summed E-state index contributed by atoms with van der Waals surface area (Å²) in [5.74, 6) is -4.82. The molecule has 1 rings (SSSR count). The number of benzene rings is 1. The van der Waals surface area contributed by atoms with E-state index in [-0.39, 0.29) is 36.2 Å². The summed E-state index contributed by atoms with van der Waals surface area (Å²) in [4.78, 5) is 81.9. The minimum absolute atomic E-state index is 0.0323. The van der Waals surface area contributed by atoms with Gasteiger partial charge in [-0.3, -0.25) is 19.2 Å². The third kappa shape index (κ3) is 17.7. The van der Waals surface area contributed by atoms with E-state index in [0.29, 0.717) is 29.4 Å². The molecule has 0 saturated heterocycles. The molecule has 8 atom stereocenters. The monoisotopic (exact) mass is 866 g/mol. The van der Waals surface area contributed by atoms with Gasteiger partial charge in [-0.25, -0.2) is 9.59 Å². The van der Waals surface area contributed by atoms with Crippen molar-refractivity contribution in [3.63, 3.8) is 0 Å². The van der Waals surface area contributed by atoms with E-state index < -0.39 is 78.5 Å². The molecule has 1 aromatic carbocycles. The lowest BCUT2D eigenvalue weighted by Gasteiger charge is -2.33. The fraction of sp³-hybridized carbons (Fsp3) is 0.628. The first-order valence-corrected chi connectivity index (χ1v) is 21.7. The molecule has 0 aromatic heterocycles. The standard InChI is InChI=1S/C43H67ClN4O10S/c1-13-26(5)37(42(54)55)46-36(49)23-47(10)41(53)33(22-31-16-18-32(44)19-17-31)48(11)40(52)30(9)45-39(51)35(21-25(3)4)58-43(56)28(7)15-20-34(57-24-59-12)29(8)38(50)27(6)14-2/h14-19,25-26,29-30,33-35,37-38,50H,13,20-24H2,1-12H3,(H,45,51)(H,46,49)(H,54,55)/b27-14+,28-15+/t26-,29+,30+,33-,34+,35-,37+,38-/m1/s1. The molecule has 1 aromatic rings. The minimum atomic E-state index is -1.24. The number of carbonyl (C=O) groups excluding carboxylic acids is 5. The van der Waals surface area contributed by atoms with Crippen molar-refractivity contribution in [1.82, 2.24) is 20.4 Å². The van der Waals surface area contributed by atoms with Crippen molar-refractivity contribution in [3.8, 4) is 0 Å². The van der Waals surface area contributed by atoms with Gasteiger partial charge in [0, 0.05) is 37.0 Å². The van der Waals surface area contributed by atoms with Crippen LogP contribution in [0.25, 0.3) is 0 Å². The highest BCUT2D eigenvalue weighted by Crippen LogP contribution is 2.23. The van der Waals surface area contributed by atoms with Gasteiger partial charge >= 0.3 is 11.9 Å². The number of aliphatic carboxylic acids is 1. The van der Waals surface area contributed by atoms with Crippen LogP contribution >= 0.6 is 23.4 Å². The first kappa shape index (κ1) is 53.1. The van der Waals surface area contributed by atoms with Crippen LogP contribution in [0.4, 0.5) is 0 Å². The number of aliphatic hydroxyl groups excluding tert-OH is 1. The molecule has 4 N–H and O–H groups in total. The first-order valence-electron chi connectivity index (χ1n) is 20.0. The van der Waals surface area contributed by atoms with Crippen LogP contribution < -0.4 is 10.6 Å². The Bertz CT molecular complexity index is 1620. The fourth-order valence-corrected chi connectivity index (χ4v) is 6.56. The van der Waals surface area contributed by atoms with Crippen LogP contribution in [0.3, 0.4) is 0 Å². The third-order valence-corrected chi connectivity index (χ3v) is 11.0. The lowest BCUT2D eigenvalue weighted by atomic mass is 9.90. The molecule has 59 heavy (non-hydrogen) atoms. The zero-order valence-electron chi connectivity index (χ0n) is 36.7. The number of esters is 1. The van der Waals surface area contributed by atoms with Gasteiger partial charge in [-0.05, 0) is 81.9 Å². The Balaban J connectivity index is 3.25. The van der Waals surface area contributed by atoms with E-state index in [1.165, 1.54) is 37.7 Å². The molecule has 16 heteroatoms. The number of aliphatic hydroxyl groups is 1. The van der Waals surface area contributed by atoms with Crippen molar-refractivity contribution in [2.24, 2.45) is 17.8 Å². The van der Waals surface area contributed by atoms with Crippen LogP contribution in [0, 0.1) is 17.8 Å². The Morgan fingerprint density at radius 3 is 2.10 bits per heavy atom. The number of hydrogen-bond donors (Lipinski definition) is 4. The molecule has 0 aliphatic rings. The Morgan fingerprint density at radius 2 is 1.58 bits per heavy atom. The van der Waals surface area contributed by atoms with Crippen LogP contribution in [0.15, 0.2) is 47.6 Å². The lowest BCUT2D eigenvalue weighted by molar-refractivity contribution is -0.154. The number of carbonyl (C=O) groups is 6. The number of likely N-dealkylation sites (N-methyl/N-ethyl adjacent to an activating group) is 2. The highest BCUT2D eigenvalue weighted by molar-refractivity contribution is 7.98. The van der Waals surface area contributed by atoms with Gasteiger partial charge in [0.1, 0.15) is 18.1 Å². The number of rotatable bonds is 25. The molecule has 0 bridgehead atoms. The maximum absolute atomic E-state index is 14.0. The average Bonchev–Trinajstić information content (AvgIpc) is 3.19. The summed E-state index contributed by atoms with van der Waals surface area (Å²) < 4.78 is 11.7. The summed E-state index contributed by atoms with van der Waals surface area (Å²) in [5, 5.41) is 26.0. The van der Waals surface area contributed by atoms with E-state index in [4.69, 9.17) is 21.1 Å². The van der Waals surface area contributed by atoms with Crippen molar-refractivity contribution in [3.05, 3.63) is 58.1 Å². The van der Waals surface area contributed by atoms with E-state index in [2.05, 4.69) is 10.6 Å². The number of thioether (sulfide) groups is 1. The van der Waals surface area contributed by atoms with Gasteiger partial charge in [0.2, 0.25) is 17.7 Å². The molecule has 14 nitrogen and oxygen atoms in total. The van der Waals surface area contributed by atoms with Gasteiger partial charge < -0.3 is 40.1 Å². The smallest absolute Gasteiger partial charge is 0.334 e. The third-order valence-electron chi connectivity index (χ3n) is 10.3. The lowest BCUT2D eigenvalue weighted by Crippen LogP contribution is -2.56. The quantitative estimate of drug-likeness (QED) is 0.0435. The Morgan fingerprint density at radius 1 is 0.966 bits per heavy atom. The average molecular weight is 868 g/mol. The fourth-order valence-electron chi connectivity index (χ4n) is 6.12. The van der Waals surface area contributed by atoms with Crippen LogP contribution in [-0.4, -0.2) is 125 Å². The van der Waals surface area contributed by atoms with Gasteiger partial charge in [-0.1, -0.05) is 76.9 Å². The molecule has 0 heterocycles. The van der Waals surface area contributed by atoms with Crippen LogP contribution in [0.2, 0.25) is 5.02 Å². The Labute approximate surface area is 359 Å². The van der Waals surface area contributed by atoms with Gasteiger partial charge in [-0.15, -0.1) is 11.8 Å². The van der Waals surface area contributed by atoms with E-state index in [0.717, 1.165) is 10.5 Å². The maximum Gasteiger partial charge on any atom is 0.334 e. The van der Waals surface area contributed by atoms with Crippen LogP contribution in [0.5, 0.6) is 0 Å². The van der Waals surface area contributed by atoms with Gasteiger partial charge in [0.05, 0.1) is 24.7 Å². The first-order chi connectivity index (χ1) is 27.6. The molecule has 0 aliphatic heterocycles. The number of ether oxygens (including phenoxy) is 2. The van der Waals surface area contributed by atoms with Crippen molar-refractivity contribution >= 4 is 58.9 Å². The molecule has 0 spiro atoms. The molecule has 0 saturated carbocycles. The van der Waals surface area contributed by atoms with Crippen molar-refractivity contribution in [2.75, 3.05) is 32.8 Å². The number of allylic oxidation sites excluding steroid dienone is 1. The SMILES string of the molecule is C/C=C(\C)[C@@H](O)[C@@H](C)[C@H](C/C=C(\C)C(=O)O[C@H](CC(C)C)C(=O)N[C@@H](C)C(=O)N(C)[C@H](Cc1ccc(Cl)cc1)C(=O)N(C)CC(=O)N[C@H](C(=O)O)[C@H](C)CC)OCSC. The van der Waals surface area contributed by atoms with Crippen LogP contribution in [0.1, 0.15) is 87.1 Å². The number of carboxylic acid groups (broad SMARTS) is 1. The van der Waals surface area contributed by atoms with E-state index in [1.807, 2.05) is 47.0 Å². The maximum atomic E-state index is 14.0. The summed E-state index contributed by atoms with van der Waals surface area (Å²) >= 11 is 7.58. The molecular formula is C43H67ClN4O10S. The normalized spacial score (nSPS) is 16.1. The molecule has 0 radical (unpaired) electrons. The van der Waals surface area contributed by atoms with E-state index in [9.17, 15) is 39.0 Å². The minimum Gasteiger partial charge on any atom is -0.480 e. The molecule has 0 unspecified atom stereocenters. The molecular weight excluding hydrogens is 800 g/mol. The number of nitrogens with zero attached hydrogens (tertiary/aromatic N) is 2. The van der Waals surface area contributed by atoms with Crippen molar-refractivity contribution in [1.29, 1.82) is 0 Å². The number of halogens is 1. The molecule has 0 fully saturated rings. The van der Waals surface area contributed by atoms with Crippen molar-refractivity contribution in [2.45, 2.75) is 124 Å². The summed E-state index contributed by atoms with van der Waals surface area (Å²) in [5.41, 5.74) is 1.72. The summed E-state index contributed by atoms with van der Waals surface area (Å²) in [6, 6.07) is 3.24.